The monoisotopic (exact) mass is 630 g/mol. The van der Waals surface area contributed by atoms with Crippen molar-refractivity contribution in [3.8, 4) is 0 Å². The summed E-state index contributed by atoms with van der Waals surface area (Å²) < 4.78 is 0. The van der Waals surface area contributed by atoms with Gasteiger partial charge in [-0.25, -0.2) is 0 Å². The Labute approximate surface area is 273 Å². The summed E-state index contributed by atoms with van der Waals surface area (Å²) in [7, 11) is 1.76. The molecule has 3 fully saturated rings. The molecular weight excluding hydrogens is 580 g/mol. The average Bonchev–Trinajstić information content (AvgIpc) is 3.11. The van der Waals surface area contributed by atoms with Crippen molar-refractivity contribution in [2.24, 2.45) is 11.3 Å². The maximum absolute atomic E-state index is 13.4. The number of carbonyl (C=O) groups excluding carboxylic acids is 4. The Morgan fingerprint density at radius 1 is 0.935 bits per heavy atom. The van der Waals surface area contributed by atoms with Crippen molar-refractivity contribution >= 4 is 35.8 Å². The van der Waals surface area contributed by atoms with Crippen molar-refractivity contribution in [2.75, 3.05) is 62.7 Å². The van der Waals surface area contributed by atoms with Crippen molar-refractivity contribution in [3.63, 3.8) is 0 Å². The van der Waals surface area contributed by atoms with Crippen LogP contribution in [0.4, 0.5) is 11.5 Å². The van der Waals surface area contributed by atoms with E-state index in [1.807, 2.05) is 32.0 Å². The number of amides is 1. The highest BCUT2D eigenvalue weighted by Gasteiger charge is 2.38. The van der Waals surface area contributed by atoms with Gasteiger partial charge in [0.25, 0.3) is 5.91 Å². The van der Waals surface area contributed by atoms with Gasteiger partial charge < -0.3 is 19.6 Å². The van der Waals surface area contributed by atoms with Gasteiger partial charge in [0.1, 0.15) is 11.5 Å². The summed E-state index contributed by atoms with van der Waals surface area (Å²) in [5, 5.41) is 8.25. The molecule has 3 saturated heterocycles. The van der Waals surface area contributed by atoms with Gasteiger partial charge >= 0.3 is 0 Å². The lowest BCUT2D eigenvalue weighted by Gasteiger charge is -2.48. The number of nitrogens with zero attached hydrogens (tertiary/aromatic N) is 6. The zero-order chi connectivity index (χ0) is 32.7. The minimum Gasteiger partial charge on any atom is -0.371 e. The Balaban J connectivity index is 1.08. The Morgan fingerprint density at radius 3 is 2.24 bits per heavy atom. The number of aldehydes is 2. The predicted molar refractivity (Wildman–Crippen MR) is 180 cm³/mol. The van der Waals surface area contributed by atoms with Crippen LogP contribution in [-0.2, 0) is 4.79 Å². The molecule has 10 nitrogen and oxygen atoms in total. The molecule has 2 aromatic rings. The molecule has 46 heavy (non-hydrogen) atoms. The third kappa shape index (κ3) is 8.00. The van der Waals surface area contributed by atoms with E-state index in [0.29, 0.717) is 47.4 Å². The zero-order valence-corrected chi connectivity index (χ0v) is 27.8. The van der Waals surface area contributed by atoms with Gasteiger partial charge in [-0.15, -0.1) is 10.2 Å². The van der Waals surface area contributed by atoms with Crippen LogP contribution >= 0.6 is 0 Å². The first-order valence-electron chi connectivity index (χ1n) is 17.1. The highest BCUT2D eigenvalue weighted by Crippen LogP contribution is 2.42. The molecule has 1 spiro atoms. The predicted octanol–water partition coefficient (Wildman–Crippen LogP) is 4.92. The second-order valence-electron chi connectivity index (χ2n) is 13.7. The van der Waals surface area contributed by atoms with Crippen LogP contribution < -0.4 is 9.80 Å². The van der Waals surface area contributed by atoms with Crippen LogP contribution in [0.1, 0.15) is 103 Å². The molecule has 0 bridgehead atoms. The quantitative estimate of drug-likeness (QED) is 0.302. The maximum atomic E-state index is 13.4. The average molecular weight is 631 g/mol. The first-order valence-corrected chi connectivity index (χ1v) is 17.1. The molecule has 0 radical (unpaired) electrons. The summed E-state index contributed by atoms with van der Waals surface area (Å²) in [6.07, 6.45) is 10.1. The summed E-state index contributed by atoms with van der Waals surface area (Å²) in [5.41, 5.74) is 2.63. The van der Waals surface area contributed by atoms with Crippen LogP contribution in [0.5, 0.6) is 0 Å². The molecule has 1 aromatic carbocycles. The van der Waals surface area contributed by atoms with E-state index >= 15 is 0 Å². The minimum absolute atomic E-state index is 0.0951. The topological polar surface area (TPSA) is 107 Å². The Kier molecular flexibility index (Phi) is 11.2. The number of carbonyl (C=O) groups is 4. The summed E-state index contributed by atoms with van der Waals surface area (Å²) >= 11 is 0. The number of ketones is 1. The molecular formula is C36H50N6O4. The fourth-order valence-electron chi connectivity index (χ4n) is 7.39. The van der Waals surface area contributed by atoms with Crippen LogP contribution in [0.3, 0.4) is 0 Å². The van der Waals surface area contributed by atoms with E-state index in [2.05, 4.69) is 24.9 Å². The van der Waals surface area contributed by atoms with Gasteiger partial charge in [-0.05, 0) is 107 Å². The standard InChI is InChI=1S/C36H50N6O4/c1-4-32(45)9-5-27(2)39(3)35(46)33-23-31(8-6-29(33)25-43)41-17-11-28(12-18-41)24-40-19-13-36(14-20-40)15-21-42(22-16-36)34-10-7-30(26-44)37-38-34/h6-8,10,23,25-28H,4-5,9,11-22,24H2,1-3H3. The second-order valence-corrected chi connectivity index (χ2v) is 13.7. The molecule has 3 aliphatic rings. The molecule has 248 valence electrons. The van der Waals surface area contributed by atoms with Crippen molar-refractivity contribution in [1.82, 2.24) is 20.0 Å². The third-order valence-corrected chi connectivity index (χ3v) is 11.0. The summed E-state index contributed by atoms with van der Waals surface area (Å²) in [6.45, 7) is 11.1. The fraction of sp³-hybridized carbons (Fsp3) is 0.611. The van der Waals surface area contributed by atoms with Crippen LogP contribution in [-0.4, -0.2) is 103 Å². The molecule has 5 rings (SSSR count). The maximum Gasteiger partial charge on any atom is 0.254 e. The van der Waals surface area contributed by atoms with E-state index in [1.54, 1.807) is 24.1 Å². The Morgan fingerprint density at radius 2 is 1.63 bits per heavy atom. The summed E-state index contributed by atoms with van der Waals surface area (Å²) in [6, 6.07) is 9.17. The van der Waals surface area contributed by atoms with Gasteiger partial charge in [0, 0.05) is 69.9 Å². The second kappa shape index (κ2) is 15.3. The fourth-order valence-corrected chi connectivity index (χ4v) is 7.39. The number of benzene rings is 1. The van der Waals surface area contributed by atoms with Gasteiger partial charge in [-0.2, -0.15) is 0 Å². The van der Waals surface area contributed by atoms with Gasteiger partial charge in [0.15, 0.2) is 18.4 Å². The number of Topliss-reactive ketones (excluding diaryl/α,β-unsaturated/α-hetero) is 1. The molecule has 0 aliphatic carbocycles. The number of anilines is 2. The van der Waals surface area contributed by atoms with Crippen LogP contribution in [0.25, 0.3) is 0 Å². The van der Waals surface area contributed by atoms with E-state index in [1.165, 1.54) is 25.7 Å². The smallest absolute Gasteiger partial charge is 0.254 e. The molecule has 1 aromatic heterocycles. The van der Waals surface area contributed by atoms with Gasteiger partial charge in [0.2, 0.25) is 0 Å². The van der Waals surface area contributed by atoms with Gasteiger partial charge in [-0.3, -0.25) is 19.2 Å². The SMILES string of the molecule is CCC(=O)CCC(C)N(C)C(=O)c1cc(N2CCC(CN3CCC4(CC3)CCN(c3ccc(C=O)nn3)CC4)CC2)ccc1C=O. The van der Waals surface area contributed by atoms with Crippen LogP contribution in [0.15, 0.2) is 30.3 Å². The molecule has 4 heterocycles. The van der Waals surface area contributed by atoms with E-state index in [-0.39, 0.29) is 17.7 Å². The highest BCUT2D eigenvalue weighted by molar-refractivity contribution is 6.02. The molecule has 0 saturated carbocycles. The molecule has 1 amide bonds. The summed E-state index contributed by atoms with van der Waals surface area (Å²) in [4.78, 5) is 57.0. The van der Waals surface area contributed by atoms with Crippen molar-refractivity contribution in [3.05, 3.63) is 47.2 Å². The van der Waals surface area contributed by atoms with E-state index in [9.17, 15) is 19.2 Å². The normalized spacial score (nSPS) is 19.5. The Bertz CT molecular complexity index is 1360. The van der Waals surface area contributed by atoms with E-state index < -0.39 is 0 Å². The zero-order valence-electron chi connectivity index (χ0n) is 27.8. The molecule has 1 unspecified atom stereocenters. The van der Waals surface area contributed by atoms with Gasteiger partial charge in [-0.1, -0.05) is 6.92 Å². The minimum atomic E-state index is -0.175. The van der Waals surface area contributed by atoms with Crippen LogP contribution in [0.2, 0.25) is 0 Å². The van der Waals surface area contributed by atoms with Crippen LogP contribution in [0, 0.1) is 11.3 Å². The number of hydrogen-bond donors (Lipinski definition) is 0. The first-order chi connectivity index (χ1) is 22.2. The van der Waals surface area contributed by atoms with E-state index in [4.69, 9.17) is 0 Å². The highest BCUT2D eigenvalue weighted by atomic mass is 16.2. The van der Waals surface area contributed by atoms with Crippen molar-refractivity contribution in [1.29, 1.82) is 0 Å². The lowest BCUT2D eigenvalue weighted by molar-refractivity contribution is -0.119. The molecule has 0 N–H and O–H groups in total. The first kappa shape index (κ1) is 33.7. The molecule has 1 atom stereocenters. The number of rotatable bonds is 12. The molecule has 3 aliphatic heterocycles. The van der Waals surface area contributed by atoms with E-state index in [0.717, 1.165) is 82.7 Å². The number of piperidine rings is 3. The van der Waals surface area contributed by atoms with Crippen molar-refractivity contribution < 1.29 is 19.2 Å². The largest absolute Gasteiger partial charge is 0.371 e. The third-order valence-electron chi connectivity index (χ3n) is 11.0. The number of hydrogen-bond acceptors (Lipinski definition) is 9. The molecule has 10 heteroatoms. The van der Waals surface area contributed by atoms with Gasteiger partial charge in [0.05, 0.1) is 5.56 Å². The summed E-state index contributed by atoms with van der Waals surface area (Å²) in [5.74, 6) is 1.55. The lowest BCUT2D eigenvalue weighted by atomic mass is 9.71. The number of likely N-dealkylation sites (tertiary alicyclic amines) is 1. The Hall–Kier alpha value is -3.66. The van der Waals surface area contributed by atoms with Crippen molar-refractivity contribution in [2.45, 2.75) is 77.7 Å². The lowest BCUT2D eigenvalue weighted by Crippen LogP contribution is -2.48. The number of aromatic nitrogens is 2.